The molecule has 3 aliphatic heterocycles. The molecule has 2 amide bonds. The highest BCUT2D eigenvalue weighted by Gasteiger charge is 2.72. The number of hydrogen-bond acceptors (Lipinski definition) is 2. The van der Waals surface area contributed by atoms with E-state index >= 15 is 0 Å². The van der Waals surface area contributed by atoms with Crippen molar-refractivity contribution in [1.82, 2.24) is 4.90 Å². The van der Waals surface area contributed by atoms with E-state index in [2.05, 4.69) is 44.3 Å². The van der Waals surface area contributed by atoms with E-state index in [1.807, 2.05) is 29.2 Å². The lowest BCUT2D eigenvalue weighted by Gasteiger charge is -2.51. The quantitative estimate of drug-likeness (QED) is 0.784. The standard InChI is InChI=1S/C21H24N2O2/c1-20(2)15-11-12-21(3,25-20)18-17(15)23(18)19(24)22-16-10-6-8-13-7-4-5-9-14(13)16/h4-10,15,17-18H,11-12H2,1-3H3,(H,22,24). The Kier molecular flexibility index (Phi) is 2.89. The number of hydrogen-bond donors (Lipinski definition) is 1. The smallest absolute Gasteiger partial charge is 0.322 e. The van der Waals surface area contributed by atoms with Gasteiger partial charge < -0.3 is 15.0 Å². The molecule has 2 aromatic rings. The van der Waals surface area contributed by atoms with Gasteiger partial charge in [0.05, 0.1) is 29.0 Å². The van der Waals surface area contributed by atoms with Crippen molar-refractivity contribution in [3.8, 4) is 0 Å². The Morgan fingerprint density at radius 2 is 1.92 bits per heavy atom. The highest BCUT2D eigenvalue weighted by molar-refractivity contribution is 6.02. The molecule has 0 spiro atoms. The van der Waals surface area contributed by atoms with Gasteiger partial charge in [-0.3, -0.25) is 0 Å². The highest BCUT2D eigenvalue weighted by Crippen LogP contribution is 2.60. The predicted molar refractivity (Wildman–Crippen MR) is 98.7 cm³/mol. The first-order valence-corrected chi connectivity index (χ1v) is 9.18. The Hall–Kier alpha value is -2.07. The lowest BCUT2D eigenvalue weighted by Crippen LogP contribution is -2.58. The van der Waals surface area contributed by atoms with Gasteiger partial charge in [0.1, 0.15) is 0 Å². The summed E-state index contributed by atoms with van der Waals surface area (Å²) in [7, 11) is 0. The van der Waals surface area contributed by atoms with Crippen molar-refractivity contribution in [3.05, 3.63) is 42.5 Å². The van der Waals surface area contributed by atoms with Gasteiger partial charge in [-0.25, -0.2) is 4.79 Å². The maximum Gasteiger partial charge on any atom is 0.322 e. The third kappa shape index (κ3) is 2.07. The van der Waals surface area contributed by atoms with Gasteiger partial charge in [0.2, 0.25) is 0 Å². The molecule has 0 aromatic heterocycles. The third-order valence-corrected chi connectivity index (χ3v) is 6.50. The van der Waals surface area contributed by atoms with Gasteiger partial charge >= 0.3 is 6.03 Å². The number of nitrogens with zero attached hydrogens (tertiary/aromatic N) is 1. The Morgan fingerprint density at radius 3 is 2.72 bits per heavy atom. The fraction of sp³-hybridized carbons (Fsp3) is 0.476. The number of ether oxygens (including phenoxy) is 1. The summed E-state index contributed by atoms with van der Waals surface area (Å²) in [5.74, 6) is 0.428. The fourth-order valence-corrected chi connectivity index (χ4v) is 5.40. The van der Waals surface area contributed by atoms with Crippen LogP contribution in [0.3, 0.4) is 0 Å². The number of carbonyl (C=O) groups is 1. The molecular weight excluding hydrogens is 312 g/mol. The molecule has 2 aromatic carbocycles. The van der Waals surface area contributed by atoms with E-state index in [0.29, 0.717) is 12.0 Å². The summed E-state index contributed by atoms with van der Waals surface area (Å²) in [6.07, 6.45) is 2.18. The van der Waals surface area contributed by atoms with E-state index in [0.717, 1.165) is 29.3 Å². The topological polar surface area (TPSA) is 41.3 Å². The largest absolute Gasteiger partial charge is 0.367 e. The molecule has 6 rings (SSSR count). The van der Waals surface area contributed by atoms with Crippen molar-refractivity contribution in [2.75, 3.05) is 5.32 Å². The third-order valence-electron chi connectivity index (χ3n) is 6.50. The number of urea groups is 1. The van der Waals surface area contributed by atoms with E-state index in [1.54, 1.807) is 0 Å². The van der Waals surface area contributed by atoms with Crippen LogP contribution in [0.1, 0.15) is 33.6 Å². The summed E-state index contributed by atoms with van der Waals surface area (Å²) in [5, 5.41) is 5.36. The first-order valence-electron chi connectivity index (χ1n) is 9.18. The number of benzene rings is 2. The lowest BCUT2D eigenvalue weighted by atomic mass is 9.69. The fourth-order valence-electron chi connectivity index (χ4n) is 5.40. The molecule has 2 bridgehead atoms. The van der Waals surface area contributed by atoms with Gasteiger partial charge in [-0.1, -0.05) is 36.4 Å². The highest BCUT2D eigenvalue weighted by atomic mass is 16.5. The minimum Gasteiger partial charge on any atom is -0.367 e. The number of amides is 2. The average molecular weight is 336 g/mol. The van der Waals surface area contributed by atoms with Crippen molar-refractivity contribution < 1.29 is 9.53 Å². The van der Waals surface area contributed by atoms with Crippen LogP contribution in [0.5, 0.6) is 0 Å². The van der Waals surface area contributed by atoms with Crippen molar-refractivity contribution in [2.24, 2.45) is 5.92 Å². The van der Waals surface area contributed by atoms with E-state index in [4.69, 9.17) is 4.74 Å². The molecule has 1 saturated carbocycles. The molecule has 1 aliphatic carbocycles. The minimum atomic E-state index is -0.209. The predicted octanol–water partition coefficient (Wildman–Crippen LogP) is 4.40. The van der Waals surface area contributed by atoms with E-state index in [9.17, 15) is 4.79 Å². The summed E-state index contributed by atoms with van der Waals surface area (Å²) >= 11 is 0. The lowest BCUT2D eigenvalue weighted by molar-refractivity contribution is -0.214. The first kappa shape index (κ1) is 15.2. The van der Waals surface area contributed by atoms with Crippen LogP contribution in [0.4, 0.5) is 10.5 Å². The minimum absolute atomic E-state index is 0.00535. The zero-order valence-corrected chi connectivity index (χ0v) is 15.0. The summed E-state index contributed by atoms with van der Waals surface area (Å²) in [6.45, 7) is 6.52. The molecule has 0 radical (unpaired) electrons. The number of carbonyl (C=O) groups excluding carboxylic acids is 1. The van der Waals surface area contributed by atoms with Crippen LogP contribution in [-0.4, -0.2) is 34.2 Å². The van der Waals surface area contributed by atoms with Crippen LogP contribution in [0.15, 0.2) is 42.5 Å². The Balaban J connectivity index is 1.43. The van der Waals surface area contributed by atoms with Crippen molar-refractivity contribution in [3.63, 3.8) is 0 Å². The van der Waals surface area contributed by atoms with Gasteiger partial charge in [0.25, 0.3) is 0 Å². The monoisotopic (exact) mass is 336 g/mol. The average Bonchev–Trinajstić information content (AvgIpc) is 3.31. The number of likely N-dealkylation sites (tertiary alicyclic amines) is 1. The summed E-state index contributed by atoms with van der Waals surface area (Å²) < 4.78 is 6.39. The van der Waals surface area contributed by atoms with Gasteiger partial charge in [0.15, 0.2) is 0 Å². The summed E-state index contributed by atoms with van der Waals surface area (Å²) in [4.78, 5) is 15.0. The molecule has 25 heavy (non-hydrogen) atoms. The van der Waals surface area contributed by atoms with E-state index in [1.165, 1.54) is 0 Å². The van der Waals surface area contributed by atoms with Crippen molar-refractivity contribution in [1.29, 1.82) is 0 Å². The van der Waals surface area contributed by atoms with Crippen LogP contribution in [0.25, 0.3) is 10.8 Å². The number of nitrogens with one attached hydrogen (secondary N) is 1. The number of anilines is 1. The second-order valence-electron chi connectivity index (χ2n) is 8.46. The molecule has 130 valence electrons. The second-order valence-corrected chi connectivity index (χ2v) is 8.46. The molecule has 1 N–H and O–H groups in total. The van der Waals surface area contributed by atoms with Crippen LogP contribution < -0.4 is 5.32 Å². The molecule has 4 fully saturated rings. The second kappa shape index (κ2) is 4.76. The SMILES string of the molecule is CC1(C)OC2(C)CCC1C1C2N1C(=O)Nc1cccc2ccccc12. The maximum atomic E-state index is 13.0. The van der Waals surface area contributed by atoms with Crippen molar-refractivity contribution >= 4 is 22.5 Å². The Bertz CT molecular complexity index is 872. The molecular formula is C21H24N2O2. The van der Waals surface area contributed by atoms with Crippen LogP contribution in [-0.2, 0) is 4.74 Å². The molecule has 4 aliphatic rings. The normalized spacial score (nSPS) is 34.7. The van der Waals surface area contributed by atoms with Gasteiger partial charge in [-0.05, 0) is 45.1 Å². The molecule has 3 heterocycles. The molecule has 4 nitrogen and oxygen atoms in total. The van der Waals surface area contributed by atoms with Crippen LogP contribution in [0.2, 0.25) is 0 Å². The van der Waals surface area contributed by atoms with Crippen LogP contribution >= 0.6 is 0 Å². The van der Waals surface area contributed by atoms with E-state index < -0.39 is 0 Å². The summed E-state index contributed by atoms with van der Waals surface area (Å²) in [6, 6.07) is 14.7. The Morgan fingerprint density at radius 1 is 1.16 bits per heavy atom. The van der Waals surface area contributed by atoms with Crippen LogP contribution in [0, 0.1) is 5.92 Å². The zero-order valence-electron chi connectivity index (χ0n) is 15.0. The molecule has 4 heteroatoms. The number of fused-ring (bicyclic) bond motifs is 3. The zero-order chi connectivity index (χ0) is 17.4. The first-order chi connectivity index (χ1) is 11.9. The van der Waals surface area contributed by atoms with Gasteiger partial charge in [0, 0.05) is 11.3 Å². The summed E-state index contributed by atoms with van der Waals surface area (Å²) in [5.41, 5.74) is 0.520. The van der Waals surface area contributed by atoms with Gasteiger partial charge in [-0.2, -0.15) is 0 Å². The van der Waals surface area contributed by atoms with Crippen molar-refractivity contribution in [2.45, 2.75) is 56.9 Å². The van der Waals surface area contributed by atoms with Gasteiger partial charge in [-0.15, -0.1) is 0 Å². The van der Waals surface area contributed by atoms with E-state index in [-0.39, 0.29) is 23.3 Å². The molecule has 4 unspecified atom stereocenters. The molecule has 3 saturated heterocycles. The Labute approximate surface area is 148 Å². The number of rotatable bonds is 1. The maximum absolute atomic E-state index is 13.0. The molecule has 4 atom stereocenters.